The Bertz CT molecular complexity index is 409. The van der Waals surface area contributed by atoms with E-state index in [2.05, 4.69) is 9.97 Å². The predicted octanol–water partition coefficient (Wildman–Crippen LogP) is 1.63. The summed E-state index contributed by atoms with van der Waals surface area (Å²) in [6, 6.07) is 1.90. The summed E-state index contributed by atoms with van der Waals surface area (Å²) < 4.78 is 5.12. The van der Waals surface area contributed by atoms with Gasteiger partial charge in [-0.25, -0.2) is 9.97 Å². The standard InChI is InChI=1S/C9H9N3O/c1-6-4-7(8(10)12-5-6)9-11-2-3-13-9/h2-5H,1H3,(H2,10,12). The minimum Gasteiger partial charge on any atom is -0.444 e. The van der Waals surface area contributed by atoms with Gasteiger partial charge < -0.3 is 10.2 Å². The molecule has 0 aliphatic rings. The first-order valence-corrected chi connectivity index (χ1v) is 3.89. The monoisotopic (exact) mass is 175 g/mol. The maximum absolute atomic E-state index is 5.67. The van der Waals surface area contributed by atoms with Gasteiger partial charge in [-0.15, -0.1) is 0 Å². The molecule has 0 atom stereocenters. The number of rotatable bonds is 1. The predicted molar refractivity (Wildman–Crippen MR) is 48.9 cm³/mol. The van der Waals surface area contributed by atoms with E-state index in [1.54, 1.807) is 12.4 Å². The van der Waals surface area contributed by atoms with Crippen LogP contribution in [-0.2, 0) is 0 Å². The van der Waals surface area contributed by atoms with Gasteiger partial charge in [0.05, 0.1) is 11.8 Å². The fourth-order valence-corrected chi connectivity index (χ4v) is 1.11. The molecule has 0 aliphatic carbocycles. The highest BCUT2D eigenvalue weighted by atomic mass is 16.3. The van der Waals surface area contributed by atoms with Crippen LogP contribution in [0.5, 0.6) is 0 Å². The highest BCUT2D eigenvalue weighted by Gasteiger charge is 2.07. The van der Waals surface area contributed by atoms with Crippen LogP contribution in [0, 0.1) is 6.92 Å². The van der Waals surface area contributed by atoms with E-state index in [4.69, 9.17) is 10.2 Å². The van der Waals surface area contributed by atoms with Crippen molar-refractivity contribution >= 4 is 5.82 Å². The zero-order valence-electron chi connectivity index (χ0n) is 7.19. The second kappa shape index (κ2) is 2.90. The summed E-state index contributed by atoms with van der Waals surface area (Å²) >= 11 is 0. The molecule has 0 aliphatic heterocycles. The average Bonchev–Trinajstić information content (AvgIpc) is 2.61. The van der Waals surface area contributed by atoms with Crippen molar-refractivity contribution in [2.45, 2.75) is 6.92 Å². The average molecular weight is 175 g/mol. The number of nitrogens with two attached hydrogens (primary N) is 1. The third-order valence-electron chi connectivity index (χ3n) is 1.72. The van der Waals surface area contributed by atoms with Gasteiger partial charge in [0.15, 0.2) is 0 Å². The number of nitrogen functional groups attached to an aromatic ring is 1. The van der Waals surface area contributed by atoms with Crippen molar-refractivity contribution in [1.82, 2.24) is 9.97 Å². The fraction of sp³-hybridized carbons (Fsp3) is 0.111. The van der Waals surface area contributed by atoms with E-state index >= 15 is 0 Å². The zero-order valence-corrected chi connectivity index (χ0v) is 7.19. The molecule has 0 unspecified atom stereocenters. The summed E-state index contributed by atoms with van der Waals surface area (Å²) in [5, 5.41) is 0. The summed E-state index contributed by atoms with van der Waals surface area (Å²) in [4.78, 5) is 8.01. The molecule has 0 saturated carbocycles. The fourth-order valence-electron chi connectivity index (χ4n) is 1.11. The minimum absolute atomic E-state index is 0.438. The summed E-state index contributed by atoms with van der Waals surface area (Å²) in [5.74, 6) is 0.946. The van der Waals surface area contributed by atoms with E-state index in [1.165, 1.54) is 6.26 Å². The Labute approximate surface area is 75.4 Å². The molecule has 2 aromatic heterocycles. The van der Waals surface area contributed by atoms with Crippen LogP contribution in [0.4, 0.5) is 5.82 Å². The van der Waals surface area contributed by atoms with Crippen LogP contribution >= 0.6 is 0 Å². The van der Waals surface area contributed by atoms with E-state index in [-0.39, 0.29) is 0 Å². The summed E-state index contributed by atoms with van der Waals surface area (Å²) in [7, 11) is 0. The molecule has 0 saturated heterocycles. The van der Waals surface area contributed by atoms with E-state index in [0.717, 1.165) is 11.1 Å². The van der Waals surface area contributed by atoms with Gasteiger partial charge >= 0.3 is 0 Å². The molecule has 13 heavy (non-hydrogen) atoms. The minimum atomic E-state index is 0.438. The number of anilines is 1. The van der Waals surface area contributed by atoms with Crippen molar-refractivity contribution in [3.05, 3.63) is 30.3 Å². The smallest absolute Gasteiger partial charge is 0.229 e. The molecule has 0 aromatic carbocycles. The third kappa shape index (κ3) is 1.38. The van der Waals surface area contributed by atoms with E-state index in [9.17, 15) is 0 Å². The molecule has 2 heterocycles. The van der Waals surface area contributed by atoms with Gasteiger partial charge in [0.25, 0.3) is 0 Å². The highest BCUT2D eigenvalue weighted by Crippen LogP contribution is 2.22. The lowest BCUT2D eigenvalue weighted by Crippen LogP contribution is -1.94. The number of aromatic nitrogens is 2. The topological polar surface area (TPSA) is 64.9 Å². The zero-order chi connectivity index (χ0) is 9.26. The molecular formula is C9H9N3O. The molecule has 0 bridgehead atoms. The first-order chi connectivity index (χ1) is 6.27. The third-order valence-corrected chi connectivity index (χ3v) is 1.72. The molecule has 0 spiro atoms. The summed E-state index contributed by atoms with van der Waals surface area (Å²) in [6.45, 7) is 1.94. The Kier molecular flexibility index (Phi) is 1.73. The molecule has 0 radical (unpaired) electrons. The van der Waals surface area contributed by atoms with Crippen molar-refractivity contribution in [3.8, 4) is 11.5 Å². The lowest BCUT2D eigenvalue weighted by atomic mass is 10.2. The van der Waals surface area contributed by atoms with E-state index in [1.807, 2.05) is 13.0 Å². The van der Waals surface area contributed by atoms with Crippen LogP contribution in [0.3, 0.4) is 0 Å². The SMILES string of the molecule is Cc1cnc(N)c(-c2ncco2)c1. The first-order valence-electron chi connectivity index (χ1n) is 3.89. The van der Waals surface area contributed by atoms with Crippen LogP contribution in [0.15, 0.2) is 29.1 Å². The Hall–Kier alpha value is -1.84. The van der Waals surface area contributed by atoms with Gasteiger partial charge in [0.2, 0.25) is 5.89 Å². The van der Waals surface area contributed by atoms with Gasteiger partial charge in [-0.2, -0.15) is 0 Å². The quantitative estimate of drug-likeness (QED) is 0.715. The molecule has 0 amide bonds. The number of pyridine rings is 1. The number of aryl methyl sites for hydroxylation is 1. The van der Waals surface area contributed by atoms with Crippen LogP contribution < -0.4 is 5.73 Å². The maximum atomic E-state index is 5.67. The van der Waals surface area contributed by atoms with Gasteiger partial charge in [0, 0.05) is 6.20 Å². The Balaban J connectivity index is 2.57. The van der Waals surface area contributed by atoms with Crippen LogP contribution in [-0.4, -0.2) is 9.97 Å². The molecule has 66 valence electrons. The summed E-state index contributed by atoms with van der Waals surface area (Å²) in [5.41, 5.74) is 7.44. The second-order valence-corrected chi connectivity index (χ2v) is 2.78. The second-order valence-electron chi connectivity index (χ2n) is 2.78. The molecule has 4 heteroatoms. The molecule has 2 rings (SSSR count). The number of oxazole rings is 1. The molecule has 4 nitrogen and oxygen atoms in total. The number of nitrogens with zero attached hydrogens (tertiary/aromatic N) is 2. The normalized spacial score (nSPS) is 10.2. The number of hydrogen-bond acceptors (Lipinski definition) is 4. The molecule has 2 aromatic rings. The number of hydrogen-bond donors (Lipinski definition) is 1. The van der Waals surface area contributed by atoms with Crippen molar-refractivity contribution < 1.29 is 4.42 Å². The van der Waals surface area contributed by atoms with Crippen LogP contribution in [0.25, 0.3) is 11.5 Å². The molecule has 2 N–H and O–H groups in total. The van der Waals surface area contributed by atoms with Gasteiger partial charge in [-0.05, 0) is 18.6 Å². The van der Waals surface area contributed by atoms with E-state index in [0.29, 0.717) is 11.7 Å². The molecule has 0 fully saturated rings. The first kappa shape index (κ1) is 7.79. The van der Waals surface area contributed by atoms with Gasteiger partial charge in [-0.1, -0.05) is 0 Å². The lowest BCUT2D eigenvalue weighted by molar-refractivity contribution is 0.574. The van der Waals surface area contributed by atoms with Crippen molar-refractivity contribution in [1.29, 1.82) is 0 Å². The van der Waals surface area contributed by atoms with Crippen molar-refractivity contribution in [2.75, 3.05) is 5.73 Å². The Morgan fingerprint density at radius 3 is 2.92 bits per heavy atom. The van der Waals surface area contributed by atoms with Crippen molar-refractivity contribution in [3.63, 3.8) is 0 Å². The van der Waals surface area contributed by atoms with Crippen molar-refractivity contribution in [2.24, 2.45) is 0 Å². The van der Waals surface area contributed by atoms with Gasteiger partial charge in [-0.3, -0.25) is 0 Å². The molecular weight excluding hydrogens is 166 g/mol. The lowest BCUT2D eigenvalue weighted by Gasteiger charge is -2.00. The Morgan fingerprint density at radius 2 is 2.23 bits per heavy atom. The van der Waals surface area contributed by atoms with E-state index < -0.39 is 0 Å². The summed E-state index contributed by atoms with van der Waals surface area (Å²) in [6.07, 6.45) is 4.80. The maximum Gasteiger partial charge on any atom is 0.229 e. The van der Waals surface area contributed by atoms with Crippen LogP contribution in [0.2, 0.25) is 0 Å². The largest absolute Gasteiger partial charge is 0.444 e. The van der Waals surface area contributed by atoms with Crippen LogP contribution in [0.1, 0.15) is 5.56 Å². The Morgan fingerprint density at radius 1 is 1.38 bits per heavy atom. The van der Waals surface area contributed by atoms with Gasteiger partial charge in [0.1, 0.15) is 12.1 Å². The highest BCUT2D eigenvalue weighted by molar-refractivity contribution is 5.67.